The Bertz CT molecular complexity index is 942. The Morgan fingerprint density at radius 3 is 2.69 bits per heavy atom. The summed E-state index contributed by atoms with van der Waals surface area (Å²) >= 11 is 7.14. The summed E-state index contributed by atoms with van der Waals surface area (Å²) in [5.74, 6) is 0.279. The third-order valence-corrected chi connectivity index (χ3v) is 5.07. The Morgan fingerprint density at radius 1 is 1.15 bits per heavy atom. The number of hydrogen-bond donors (Lipinski definition) is 1. The smallest absolute Gasteiger partial charge is 0.277 e. The van der Waals surface area contributed by atoms with Crippen LogP contribution in [0, 0.1) is 13.8 Å². The van der Waals surface area contributed by atoms with Crippen LogP contribution in [0.5, 0.6) is 0 Å². The van der Waals surface area contributed by atoms with E-state index < -0.39 is 5.25 Å². The molecule has 0 saturated carbocycles. The van der Waals surface area contributed by atoms with E-state index in [2.05, 4.69) is 22.4 Å². The number of halogens is 1. The predicted molar refractivity (Wildman–Crippen MR) is 105 cm³/mol. The third kappa shape index (κ3) is 4.45. The number of nitrogens with zero attached hydrogens (tertiary/aromatic N) is 2. The molecule has 1 atom stereocenters. The van der Waals surface area contributed by atoms with Crippen molar-refractivity contribution in [2.45, 2.75) is 31.2 Å². The molecule has 0 aliphatic heterocycles. The van der Waals surface area contributed by atoms with Crippen molar-refractivity contribution in [2.75, 3.05) is 5.32 Å². The average Bonchev–Trinajstić information content (AvgIpc) is 3.05. The van der Waals surface area contributed by atoms with Crippen molar-refractivity contribution in [2.24, 2.45) is 0 Å². The number of amides is 1. The molecular weight excluding hydrogens is 370 g/mol. The van der Waals surface area contributed by atoms with E-state index in [4.69, 9.17) is 16.0 Å². The minimum atomic E-state index is -0.401. The lowest BCUT2D eigenvalue weighted by atomic mass is 10.1. The molecule has 1 N–H and O–H groups in total. The van der Waals surface area contributed by atoms with Gasteiger partial charge < -0.3 is 9.73 Å². The fraction of sp³-hybridized carbons (Fsp3) is 0.211. The molecule has 134 valence electrons. The number of rotatable bonds is 5. The van der Waals surface area contributed by atoms with E-state index in [1.807, 2.05) is 25.1 Å². The van der Waals surface area contributed by atoms with Gasteiger partial charge in [0.2, 0.25) is 11.8 Å². The van der Waals surface area contributed by atoms with Gasteiger partial charge in [-0.15, -0.1) is 10.2 Å². The molecule has 0 aliphatic rings. The van der Waals surface area contributed by atoms with Crippen LogP contribution in [-0.4, -0.2) is 21.4 Å². The highest BCUT2D eigenvalue weighted by atomic mass is 35.5. The lowest BCUT2D eigenvalue weighted by Crippen LogP contribution is -2.22. The first kappa shape index (κ1) is 18.5. The van der Waals surface area contributed by atoms with Gasteiger partial charge >= 0.3 is 0 Å². The molecule has 0 saturated heterocycles. The molecule has 1 heterocycles. The summed E-state index contributed by atoms with van der Waals surface area (Å²) in [4.78, 5) is 12.3. The number of carbonyl (C=O) groups is 1. The summed E-state index contributed by atoms with van der Waals surface area (Å²) in [5.41, 5.74) is 3.87. The molecule has 0 aliphatic carbocycles. The number of aryl methyl sites for hydroxylation is 2. The number of thioether (sulfide) groups is 1. The third-order valence-electron chi connectivity index (χ3n) is 3.90. The van der Waals surface area contributed by atoms with Gasteiger partial charge in [-0.3, -0.25) is 4.79 Å². The van der Waals surface area contributed by atoms with Gasteiger partial charge in [-0.2, -0.15) is 0 Å². The molecule has 0 spiro atoms. The SMILES string of the molecule is Cc1ccc(-c2nnc(S[C@@H](C)C(=O)Nc3cccc(Cl)c3)o2)cc1C. The van der Waals surface area contributed by atoms with E-state index in [9.17, 15) is 4.79 Å². The van der Waals surface area contributed by atoms with Crippen LogP contribution in [0.3, 0.4) is 0 Å². The first-order chi connectivity index (χ1) is 12.4. The van der Waals surface area contributed by atoms with Crippen LogP contribution in [0.25, 0.3) is 11.5 Å². The maximum atomic E-state index is 12.3. The number of aromatic nitrogens is 2. The normalized spacial score (nSPS) is 12.0. The monoisotopic (exact) mass is 387 g/mol. The predicted octanol–water partition coefficient (Wildman–Crippen LogP) is 5.13. The fourth-order valence-electron chi connectivity index (χ4n) is 2.26. The largest absolute Gasteiger partial charge is 0.411 e. The highest BCUT2D eigenvalue weighted by Crippen LogP contribution is 2.28. The quantitative estimate of drug-likeness (QED) is 0.615. The van der Waals surface area contributed by atoms with Crippen LogP contribution >= 0.6 is 23.4 Å². The van der Waals surface area contributed by atoms with Crippen LogP contribution in [0.4, 0.5) is 5.69 Å². The molecule has 7 heteroatoms. The maximum Gasteiger partial charge on any atom is 0.277 e. The lowest BCUT2D eigenvalue weighted by Gasteiger charge is -2.10. The number of carbonyl (C=O) groups excluding carboxylic acids is 1. The zero-order chi connectivity index (χ0) is 18.7. The van der Waals surface area contributed by atoms with Crippen LogP contribution in [-0.2, 0) is 4.79 Å². The summed E-state index contributed by atoms with van der Waals surface area (Å²) in [6.07, 6.45) is 0. The molecule has 2 aromatic carbocycles. The summed E-state index contributed by atoms with van der Waals surface area (Å²) in [6, 6.07) is 13.0. The lowest BCUT2D eigenvalue weighted by molar-refractivity contribution is -0.115. The molecule has 1 aromatic heterocycles. The fourth-order valence-corrected chi connectivity index (χ4v) is 3.14. The molecule has 5 nitrogen and oxygen atoms in total. The van der Waals surface area contributed by atoms with E-state index in [-0.39, 0.29) is 5.91 Å². The number of nitrogens with one attached hydrogen (secondary N) is 1. The van der Waals surface area contributed by atoms with Gasteiger partial charge in [0.1, 0.15) is 0 Å². The number of hydrogen-bond acceptors (Lipinski definition) is 5. The van der Waals surface area contributed by atoms with Crippen molar-refractivity contribution in [3.8, 4) is 11.5 Å². The Labute approximate surface area is 161 Å². The molecule has 3 aromatic rings. The summed E-state index contributed by atoms with van der Waals surface area (Å²) in [5, 5.41) is 11.5. The molecule has 0 fully saturated rings. The van der Waals surface area contributed by atoms with Crippen molar-refractivity contribution >= 4 is 35.0 Å². The van der Waals surface area contributed by atoms with Crippen molar-refractivity contribution < 1.29 is 9.21 Å². The van der Waals surface area contributed by atoms with Crippen LogP contribution in [0.15, 0.2) is 52.1 Å². The van der Waals surface area contributed by atoms with Crippen molar-refractivity contribution in [1.29, 1.82) is 0 Å². The molecule has 0 unspecified atom stereocenters. The molecule has 0 radical (unpaired) electrons. The molecule has 3 rings (SSSR count). The highest BCUT2D eigenvalue weighted by molar-refractivity contribution is 8.00. The maximum absolute atomic E-state index is 12.3. The highest BCUT2D eigenvalue weighted by Gasteiger charge is 2.19. The zero-order valence-electron chi connectivity index (χ0n) is 14.6. The Kier molecular flexibility index (Phi) is 5.64. The zero-order valence-corrected chi connectivity index (χ0v) is 16.2. The molecule has 1 amide bonds. The first-order valence-corrected chi connectivity index (χ1v) is 9.32. The first-order valence-electron chi connectivity index (χ1n) is 8.06. The second kappa shape index (κ2) is 7.93. The average molecular weight is 388 g/mol. The summed E-state index contributed by atoms with van der Waals surface area (Å²) < 4.78 is 5.69. The Morgan fingerprint density at radius 2 is 1.96 bits per heavy atom. The molecule has 0 bridgehead atoms. The second-order valence-corrected chi connectivity index (χ2v) is 7.66. The van der Waals surface area contributed by atoms with Gasteiger partial charge in [0.25, 0.3) is 5.22 Å². The minimum Gasteiger partial charge on any atom is -0.411 e. The summed E-state index contributed by atoms with van der Waals surface area (Å²) in [7, 11) is 0. The number of anilines is 1. The van der Waals surface area contributed by atoms with E-state index in [1.165, 1.54) is 17.3 Å². The van der Waals surface area contributed by atoms with Gasteiger partial charge in [0.05, 0.1) is 5.25 Å². The van der Waals surface area contributed by atoms with E-state index >= 15 is 0 Å². The van der Waals surface area contributed by atoms with Crippen LogP contribution in [0.1, 0.15) is 18.1 Å². The standard InChI is InChI=1S/C19H18ClN3O2S/c1-11-7-8-14(9-12(11)2)18-22-23-19(25-18)26-13(3)17(24)21-16-6-4-5-15(20)10-16/h4-10,13H,1-3H3,(H,21,24)/t13-/m0/s1. The Hall–Kier alpha value is -2.31. The molecular formula is C19H18ClN3O2S. The van der Waals surface area contributed by atoms with Crippen molar-refractivity contribution in [3.63, 3.8) is 0 Å². The van der Waals surface area contributed by atoms with Crippen molar-refractivity contribution in [1.82, 2.24) is 10.2 Å². The molecule has 26 heavy (non-hydrogen) atoms. The second-order valence-electron chi connectivity index (χ2n) is 5.93. The van der Waals surface area contributed by atoms with Gasteiger partial charge in [0, 0.05) is 16.3 Å². The minimum absolute atomic E-state index is 0.164. The topological polar surface area (TPSA) is 68.0 Å². The van der Waals surface area contributed by atoms with Gasteiger partial charge in [-0.1, -0.05) is 35.5 Å². The number of benzene rings is 2. The Balaban J connectivity index is 1.66. The van der Waals surface area contributed by atoms with E-state index in [0.717, 1.165) is 11.1 Å². The van der Waals surface area contributed by atoms with E-state index in [0.29, 0.717) is 21.8 Å². The van der Waals surface area contributed by atoms with Crippen LogP contribution in [0.2, 0.25) is 5.02 Å². The van der Waals surface area contributed by atoms with Gasteiger partial charge in [-0.05, 0) is 62.2 Å². The van der Waals surface area contributed by atoms with Crippen molar-refractivity contribution in [3.05, 3.63) is 58.6 Å². The van der Waals surface area contributed by atoms with Gasteiger partial charge in [0.15, 0.2) is 0 Å². The van der Waals surface area contributed by atoms with Crippen LogP contribution < -0.4 is 5.32 Å². The summed E-state index contributed by atoms with van der Waals surface area (Å²) in [6.45, 7) is 5.87. The van der Waals surface area contributed by atoms with Gasteiger partial charge in [-0.25, -0.2) is 0 Å². The van der Waals surface area contributed by atoms with E-state index in [1.54, 1.807) is 31.2 Å².